The number of pyridine rings is 2. The standard InChI is InChI=1S/C22H13ClF2N4O/c23-14-3-6-17-18(9-14)29(22(27-17)12-2-1-7-26-10-12)11-13-8-19(30)28-21-15(13)4-5-16(24)20(21)25/h1-10H,11H2,(H,28,30). The number of H-pyrrole nitrogens is 1. The minimum absolute atomic E-state index is 0.164. The molecular formula is C22H13ClF2N4O. The van der Waals surface area contributed by atoms with E-state index in [1.54, 1.807) is 36.7 Å². The predicted molar refractivity (Wildman–Crippen MR) is 112 cm³/mol. The first kappa shape index (κ1) is 18.4. The summed E-state index contributed by atoms with van der Waals surface area (Å²) < 4.78 is 29.9. The number of aromatic nitrogens is 4. The minimum Gasteiger partial charge on any atom is -0.319 e. The lowest BCUT2D eigenvalue weighted by Crippen LogP contribution is -2.11. The van der Waals surface area contributed by atoms with Gasteiger partial charge in [-0.25, -0.2) is 13.8 Å². The Bertz CT molecular complexity index is 1480. The number of halogens is 3. The van der Waals surface area contributed by atoms with Crippen LogP contribution in [0.2, 0.25) is 5.02 Å². The van der Waals surface area contributed by atoms with Gasteiger partial charge in [-0.15, -0.1) is 0 Å². The van der Waals surface area contributed by atoms with Crippen molar-refractivity contribution in [3.63, 3.8) is 0 Å². The largest absolute Gasteiger partial charge is 0.319 e. The van der Waals surface area contributed by atoms with Crippen LogP contribution in [0.4, 0.5) is 8.78 Å². The van der Waals surface area contributed by atoms with E-state index < -0.39 is 17.2 Å². The Morgan fingerprint density at radius 2 is 1.97 bits per heavy atom. The molecule has 0 bridgehead atoms. The van der Waals surface area contributed by atoms with Crippen LogP contribution in [0.1, 0.15) is 5.56 Å². The second-order valence-electron chi connectivity index (χ2n) is 6.84. The lowest BCUT2D eigenvalue weighted by Gasteiger charge is -2.12. The molecule has 0 amide bonds. The van der Waals surface area contributed by atoms with Gasteiger partial charge in [0.25, 0.3) is 0 Å². The van der Waals surface area contributed by atoms with Crippen molar-refractivity contribution in [1.29, 1.82) is 0 Å². The van der Waals surface area contributed by atoms with Gasteiger partial charge in [0.15, 0.2) is 11.6 Å². The lowest BCUT2D eigenvalue weighted by molar-refractivity contribution is 0.515. The average Bonchev–Trinajstić information content (AvgIpc) is 3.09. The first-order chi connectivity index (χ1) is 14.5. The molecule has 0 spiro atoms. The van der Waals surface area contributed by atoms with Gasteiger partial charge >= 0.3 is 0 Å². The van der Waals surface area contributed by atoms with Crippen LogP contribution in [-0.4, -0.2) is 19.5 Å². The third kappa shape index (κ3) is 3.04. The Morgan fingerprint density at radius 3 is 2.77 bits per heavy atom. The van der Waals surface area contributed by atoms with Crippen LogP contribution >= 0.6 is 11.6 Å². The molecule has 0 atom stereocenters. The number of hydrogen-bond acceptors (Lipinski definition) is 3. The molecule has 5 rings (SSSR count). The summed E-state index contributed by atoms with van der Waals surface area (Å²) in [6, 6.07) is 12.9. The van der Waals surface area contributed by atoms with Crippen LogP contribution < -0.4 is 5.56 Å². The van der Waals surface area contributed by atoms with Gasteiger partial charge in [0.1, 0.15) is 5.82 Å². The van der Waals surface area contributed by atoms with E-state index in [9.17, 15) is 13.6 Å². The molecule has 0 aliphatic carbocycles. The zero-order chi connectivity index (χ0) is 20.8. The first-order valence-corrected chi connectivity index (χ1v) is 9.45. The van der Waals surface area contributed by atoms with E-state index >= 15 is 0 Å². The van der Waals surface area contributed by atoms with E-state index in [2.05, 4.69) is 9.97 Å². The minimum atomic E-state index is -1.09. The highest BCUT2D eigenvalue weighted by atomic mass is 35.5. The predicted octanol–water partition coefficient (Wildman–Crippen LogP) is 4.92. The van der Waals surface area contributed by atoms with E-state index in [0.717, 1.165) is 17.1 Å². The molecule has 3 heterocycles. The Morgan fingerprint density at radius 1 is 1.10 bits per heavy atom. The van der Waals surface area contributed by atoms with E-state index in [-0.39, 0.29) is 12.1 Å². The molecule has 3 aromatic heterocycles. The quantitative estimate of drug-likeness (QED) is 0.449. The lowest BCUT2D eigenvalue weighted by atomic mass is 10.1. The first-order valence-electron chi connectivity index (χ1n) is 9.07. The van der Waals surface area contributed by atoms with Gasteiger partial charge in [0.05, 0.1) is 23.1 Å². The van der Waals surface area contributed by atoms with Crippen LogP contribution in [0.25, 0.3) is 33.3 Å². The number of nitrogens with zero attached hydrogens (tertiary/aromatic N) is 3. The number of nitrogens with one attached hydrogen (secondary N) is 1. The molecule has 148 valence electrons. The zero-order valence-electron chi connectivity index (χ0n) is 15.4. The van der Waals surface area contributed by atoms with Crippen molar-refractivity contribution < 1.29 is 8.78 Å². The smallest absolute Gasteiger partial charge is 0.248 e. The summed E-state index contributed by atoms with van der Waals surface area (Å²) >= 11 is 6.21. The fraction of sp³-hybridized carbons (Fsp3) is 0.0455. The third-order valence-corrected chi connectivity index (χ3v) is 5.19. The molecule has 2 aromatic carbocycles. The summed E-state index contributed by atoms with van der Waals surface area (Å²) in [4.78, 5) is 23.4. The molecule has 0 unspecified atom stereocenters. The number of aromatic amines is 1. The van der Waals surface area contributed by atoms with Crippen LogP contribution in [0.15, 0.2) is 65.7 Å². The second-order valence-corrected chi connectivity index (χ2v) is 7.28. The molecule has 0 radical (unpaired) electrons. The fourth-order valence-corrected chi connectivity index (χ4v) is 3.77. The highest BCUT2D eigenvalue weighted by molar-refractivity contribution is 6.31. The fourth-order valence-electron chi connectivity index (χ4n) is 3.61. The SMILES string of the molecule is O=c1cc(Cn2c(-c3cccnc3)nc3ccc(Cl)cc32)c2ccc(F)c(F)c2[nH]1. The Hall–Kier alpha value is -3.58. The zero-order valence-corrected chi connectivity index (χ0v) is 16.1. The third-order valence-electron chi connectivity index (χ3n) is 4.95. The monoisotopic (exact) mass is 422 g/mol. The van der Waals surface area contributed by atoms with Crippen molar-refractivity contribution in [2.24, 2.45) is 0 Å². The molecule has 8 heteroatoms. The maximum absolute atomic E-state index is 14.3. The van der Waals surface area contributed by atoms with Crippen molar-refractivity contribution >= 4 is 33.5 Å². The number of hydrogen-bond donors (Lipinski definition) is 1. The molecule has 0 aliphatic heterocycles. The maximum Gasteiger partial charge on any atom is 0.248 e. The van der Waals surface area contributed by atoms with Gasteiger partial charge < -0.3 is 9.55 Å². The van der Waals surface area contributed by atoms with Crippen molar-refractivity contribution in [2.45, 2.75) is 6.54 Å². The summed E-state index contributed by atoms with van der Waals surface area (Å²) in [5.74, 6) is -1.49. The van der Waals surface area contributed by atoms with E-state index in [0.29, 0.717) is 27.3 Å². The molecular weight excluding hydrogens is 410 g/mol. The van der Waals surface area contributed by atoms with Crippen LogP contribution in [0, 0.1) is 11.6 Å². The summed E-state index contributed by atoms with van der Waals surface area (Å²) in [6.07, 6.45) is 3.35. The van der Waals surface area contributed by atoms with E-state index in [1.165, 1.54) is 12.1 Å². The van der Waals surface area contributed by atoms with Crippen LogP contribution in [0.3, 0.4) is 0 Å². The number of rotatable bonds is 3. The summed E-state index contributed by atoms with van der Waals surface area (Å²) in [7, 11) is 0. The number of fused-ring (bicyclic) bond motifs is 2. The Kier molecular flexibility index (Phi) is 4.33. The Balaban J connectivity index is 1.78. The van der Waals surface area contributed by atoms with Crippen molar-refractivity contribution in [1.82, 2.24) is 19.5 Å². The summed E-state index contributed by atoms with van der Waals surface area (Å²) in [5, 5.41) is 0.944. The van der Waals surface area contributed by atoms with Gasteiger partial charge in [0, 0.05) is 34.4 Å². The van der Waals surface area contributed by atoms with Gasteiger partial charge in [-0.1, -0.05) is 11.6 Å². The summed E-state index contributed by atoms with van der Waals surface area (Å²) in [5.41, 5.74) is 2.07. The normalized spacial score (nSPS) is 11.4. The molecule has 0 saturated heterocycles. The average molecular weight is 423 g/mol. The molecule has 0 saturated carbocycles. The van der Waals surface area contributed by atoms with Crippen molar-refractivity contribution in [3.8, 4) is 11.4 Å². The number of imidazole rings is 1. The Labute approximate surface area is 173 Å². The highest BCUT2D eigenvalue weighted by Crippen LogP contribution is 2.29. The highest BCUT2D eigenvalue weighted by Gasteiger charge is 2.17. The summed E-state index contributed by atoms with van der Waals surface area (Å²) in [6.45, 7) is 0.201. The van der Waals surface area contributed by atoms with E-state index in [4.69, 9.17) is 16.6 Å². The van der Waals surface area contributed by atoms with Crippen LogP contribution in [-0.2, 0) is 6.54 Å². The topological polar surface area (TPSA) is 63.6 Å². The van der Waals surface area contributed by atoms with Gasteiger partial charge in [-0.2, -0.15) is 0 Å². The van der Waals surface area contributed by atoms with Crippen LogP contribution in [0.5, 0.6) is 0 Å². The van der Waals surface area contributed by atoms with Gasteiger partial charge in [-0.05, 0) is 48.0 Å². The molecule has 0 aliphatic rings. The van der Waals surface area contributed by atoms with Crippen molar-refractivity contribution in [3.05, 3.63) is 93.5 Å². The molecule has 30 heavy (non-hydrogen) atoms. The van der Waals surface area contributed by atoms with Crippen molar-refractivity contribution in [2.75, 3.05) is 0 Å². The molecule has 5 aromatic rings. The van der Waals surface area contributed by atoms with Gasteiger partial charge in [0.2, 0.25) is 5.56 Å². The van der Waals surface area contributed by atoms with E-state index in [1.807, 2.05) is 10.6 Å². The second kappa shape index (κ2) is 7.03. The maximum atomic E-state index is 14.3. The molecule has 1 N–H and O–H groups in total. The number of benzene rings is 2. The molecule has 0 fully saturated rings. The molecule has 5 nitrogen and oxygen atoms in total. The van der Waals surface area contributed by atoms with Gasteiger partial charge in [-0.3, -0.25) is 9.78 Å².